The molecule has 108 valence electrons. The molecule has 0 saturated carbocycles. The molecule has 0 N–H and O–H groups in total. The standard InChI is InChI=1S/C16H11N3O3/c20-15(12-7-3-1-4-8-12)19-17-11-14(18-19)22-16(21)13-9-5-2-6-10-13/h1-11H. The van der Waals surface area contributed by atoms with E-state index in [0.717, 1.165) is 4.80 Å². The van der Waals surface area contributed by atoms with Crippen LogP contribution < -0.4 is 4.74 Å². The average molecular weight is 293 g/mol. The lowest BCUT2D eigenvalue weighted by Gasteiger charge is -2.00. The van der Waals surface area contributed by atoms with E-state index in [4.69, 9.17) is 4.74 Å². The Kier molecular flexibility index (Phi) is 3.74. The summed E-state index contributed by atoms with van der Waals surface area (Å²) in [6.07, 6.45) is 1.22. The van der Waals surface area contributed by atoms with Gasteiger partial charge in [0.25, 0.3) is 11.8 Å². The molecule has 0 spiro atoms. The Balaban J connectivity index is 1.74. The Morgan fingerprint density at radius 2 is 1.45 bits per heavy atom. The quantitative estimate of drug-likeness (QED) is 0.692. The topological polar surface area (TPSA) is 74.1 Å². The third-order valence-corrected chi connectivity index (χ3v) is 2.88. The van der Waals surface area contributed by atoms with Gasteiger partial charge in [0, 0.05) is 5.56 Å². The predicted octanol–water partition coefficient (Wildman–Crippen LogP) is 2.19. The molecular weight excluding hydrogens is 282 g/mol. The summed E-state index contributed by atoms with van der Waals surface area (Å²) in [6.45, 7) is 0. The molecule has 3 aromatic rings. The second-order valence-corrected chi connectivity index (χ2v) is 4.40. The zero-order valence-corrected chi connectivity index (χ0v) is 11.4. The molecule has 1 heterocycles. The molecule has 2 aromatic carbocycles. The molecule has 0 atom stereocenters. The molecule has 1 aromatic heterocycles. The zero-order valence-electron chi connectivity index (χ0n) is 11.4. The number of hydrogen-bond acceptors (Lipinski definition) is 5. The first kappa shape index (κ1) is 13.7. The maximum absolute atomic E-state index is 12.1. The number of benzene rings is 2. The van der Waals surface area contributed by atoms with Crippen molar-refractivity contribution >= 4 is 11.9 Å². The summed E-state index contributed by atoms with van der Waals surface area (Å²) < 4.78 is 5.08. The molecule has 0 radical (unpaired) electrons. The fourth-order valence-electron chi connectivity index (χ4n) is 1.82. The largest absolute Gasteiger partial charge is 0.400 e. The SMILES string of the molecule is O=C(Oc1cnn(C(=O)c2ccccc2)n1)c1ccccc1. The summed E-state index contributed by atoms with van der Waals surface area (Å²) in [5.41, 5.74) is 0.838. The normalized spacial score (nSPS) is 10.2. The van der Waals surface area contributed by atoms with Gasteiger partial charge in [-0.05, 0) is 24.3 Å². The first-order valence-electron chi connectivity index (χ1n) is 6.53. The number of carbonyl (C=O) groups is 2. The zero-order chi connectivity index (χ0) is 15.4. The number of carbonyl (C=O) groups excluding carboxylic acids is 2. The second kappa shape index (κ2) is 6.01. The van der Waals surface area contributed by atoms with Gasteiger partial charge in [-0.1, -0.05) is 36.4 Å². The lowest BCUT2D eigenvalue weighted by Crippen LogP contribution is -2.15. The minimum atomic E-state index is -0.556. The van der Waals surface area contributed by atoms with E-state index in [2.05, 4.69) is 10.2 Å². The van der Waals surface area contributed by atoms with Crippen LogP contribution in [0.25, 0.3) is 0 Å². The average Bonchev–Trinajstić information content (AvgIpc) is 3.04. The summed E-state index contributed by atoms with van der Waals surface area (Å²) in [5.74, 6) is -0.986. The third-order valence-electron chi connectivity index (χ3n) is 2.88. The number of hydrogen-bond donors (Lipinski definition) is 0. The number of nitrogens with zero attached hydrogens (tertiary/aromatic N) is 3. The van der Waals surface area contributed by atoms with Gasteiger partial charge in [-0.15, -0.1) is 15.0 Å². The Morgan fingerprint density at radius 1 is 0.864 bits per heavy atom. The molecule has 0 bridgehead atoms. The van der Waals surface area contributed by atoms with Crippen molar-refractivity contribution in [3.05, 3.63) is 78.0 Å². The molecule has 0 amide bonds. The molecule has 22 heavy (non-hydrogen) atoms. The van der Waals surface area contributed by atoms with Crippen LogP contribution >= 0.6 is 0 Å². The molecule has 0 aliphatic rings. The molecule has 0 fully saturated rings. The summed E-state index contributed by atoms with van der Waals surface area (Å²) in [5, 5.41) is 7.68. The Bertz CT molecular complexity index is 798. The Labute approximate surface area is 126 Å². The maximum atomic E-state index is 12.1. The smallest absolute Gasteiger partial charge is 0.344 e. The minimum Gasteiger partial charge on any atom is -0.400 e. The van der Waals surface area contributed by atoms with E-state index in [1.807, 2.05) is 0 Å². The summed E-state index contributed by atoms with van der Waals surface area (Å²) in [4.78, 5) is 24.9. The van der Waals surface area contributed by atoms with Crippen LogP contribution in [-0.4, -0.2) is 26.9 Å². The van der Waals surface area contributed by atoms with E-state index in [0.29, 0.717) is 11.1 Å². The van der Waals surface area contributed by atoms with Crippen LogP contribution in [0.3, 0.4) is 0 Å². The van der Waals surface area contributed by atoms with Gasteiger partial charge in [-0.2, -0.15) is 0 Å². The van der Waals surface area contributed by atoms with Crippen LogP contribution in [0.1, 0.15) is 20.7 Å². The number of esters is 1. The third kappa shape index (κ3) is 2.90. The van der Waals surface area contributed by atoms with Crippen molar-refractivity contribution in [3.8, 4) is 5.88 Å². The second-order valence-electron chi connectivity index (χ2n) is 4.40. The van der Waals surface area contributed by atoms with Crippen molar-refractivity contribution in [2.75, 3.05) is 0 Å². The molecule has 6 heteroatoms. The summed E-state index contributed by atoms with van der Waals surface area (Å²) in [7, 11) is 0. The van der Waals surface area contributed by atoms with E-state index >= 15 is 0 Å². The Morgan fingerprint density at radius 3 is 2.09 bits per heavy atom. The van der Waals surface area contributed by atoms with E-state index in [-0.39, 0.29) is 5.88 Å². The number of aromatic nitrogens is 3. The van der Waals surface area contributed by atoms with Gasteiger partial charge in [-0.3, -0.25) is 4.79 Å². The van der Waals surface area contributed by atoms with Gasteiger partial charge in [0.2, 0.25) is 0 Å². The van der Waals surface area contributed by atoms with Gasteiger partial charge in [0.05, 0.1) is 5.56 Å². The highest BCUT2D eigenvalue weighted by Crippen LogP contribution is 2.09. The number of ether oxygens (including phenoxy) is 1. The lowest BCUT2D eigenvalue weighted by atomic mass is 10.2. The Hall–Kier alpha value is -3.28. The van der Waals surface area contributed by atoms with Crippen LogP contribution in [-0.2, 0) is 0 Å². The van der Waals surface area contributed by atoms with Crippen molar-refractivity contribution in [2.24, 2.45) is 0 Å². The molecule has 6 nitrogen and oxygen atoms in total. The van der Waals surface area contributed by atoms with Gasteiger partial charge >= 0.3 is 5.97 Å². The minimum absolute atomic E-state index is 0.0295. The maximum Gasteiger partial charge on any atom is 0.344 e. The first-order valence-corrected chi connectivity index (χ1v) is 6.53. The fourth-order valence-corrected chi connectivity index (χ4v) is 1.82. The highest BCUT2D eigenvalue weighted by atomic mass is 16.5. The highest BCUT2D eigenvalue weighted by molar-refractivity contribution is 5.94. The van der Waals surface area contributed by atoms with Crippen molar-refractivity contribution < 1.29 is 14.3 Å². The van der Waals surface area contributed by atoms with Crippen LogP contribution in [0.2, 0.25) is 0 Å². The van der Waals surface area contributed by atoms with Gasteiger partial charge in [-0.25, -0.2) is 4.79 Å². The molecule has 0 aliphatic carbocycles. The fraction of sp³-hybridized carbons (Fsp3) is 0. The van der Waals surface area contributed by atoms with Gasteiger partial charge in [0.15, 0.2) is 0 Å². The number of rotatable bonds is 3. The van der Waals surface area contributed by atoms with E-state index in [9.17, 15) is 9.59 Å². The van der Waals surface area contributed by atoms with Crippen LogP contribution in [0.15, 0.2) is 66.9 Å². The van der Waals surface area contributed by atoms with Crippen LogP contribution in [0.5, 0.6) is 5.88 Å². The predicted molar refractivity (Wildman–Crippen MR) is 77.6 cm³/mol. The van der Waals surface area contributed by atoms with Crippen molar-refractivity contribution in [2.45, 2.75) is 0 Å². The molecule has 0 aliphatic heterocycles. The van der Waals surface area contributed by atoms with Gasteiger partial charge in [0.1, 0.15) is 6.20 Å². The van der Waals surface area contributed by atoms with Crippen LogP contribution in [0, 0.1) is 0 Å². The highest BCUT2D eigenvalue weighted by Gasteiger charge is 2.14. The molecule has 3 rings (SSSR count). The summed E-state index contributed by atoms with van der Waals surface area (Å²) in [6, 6.07) is 17.1. The van der Waals surface area contributed by atoms with Crippen molar-refractivity contribution in [1.29, 1.82) is 0 Å². The lowest BCUT2D eigenvalue weighted by molar-refractivity contribution is 0.0722. The molecular formula is C16H11N3O3. The van der Waals surface area contributed by atoms with E-state index in [1.54, 1.807) is 60.7 Å². The van der Waals surface area contributed by atoms with Gasteiger partial charge < -0.3 is 4.74 Å². The molecule has 0 unspecified atom stereocenters. The van der Waals surface area contributed by atoms with E-state index in [1.165, 1.54) is 6.20 Å². The first-order chi connectivity index (χ1) is 10.7. The van der Waals surface area contributed by atoms with Crippen LogP contribution in [0.4, 0.5) is 0 Å². The van der Waals surface area contributed by atoms with Crippen molar-refractivity contribution in [1.82, 2.24) is 15.0 Å². The summed E-state index contributed by atoms with van der Waals surface area (Å²) >= 11 is 0. The van der Waals surface area contributed by atoms with Crippen molar-refractivity contribution in [3.63, 3.8) is 0 Å². The van der Waals surface area contributed by atoms with E-state index < -0.39 is 11.9 Å². The monoisotopic (exact) mass is 293 g/mol. The molecule has 0 saturated heterocycles.